The molecule has 4 heteroatoms. The van der Waals surface area contributed by atoms with Crippen LogP contribution in [-0.2, 0) is 9.53 Å². The number of carbonyl (C=O) groups excluding carboxylic acids is 1. The summed E-state index contributed by atoms with van der Waals surface area (Å²) in [6.45, 7) is 0.977. The van der Waals surface area contributed by atoms with Crippen molar-refractivity contribution >= 4 is 12.2 Å². The summed E-state index contributed by atoms with van der Waals surface area (Å²) in [4.78, 5) is 16.3. The van der Waals surface area contributed by atoms with Crippen molar-refractivity contribution in [3.8, 4) is 0 Å². The molecule has 23 heavy (non-hydrogen) atoms. The minimum atomic E-state index is -0.221. The highest BCUT2D eigenvalue weighted by Crippen LogP contribution is 2.59. The number of nitrogens with one attached hydrogen (secondary N) is 1. The van der Waals surface area contributed by atoms with Crippen LogP contribution >= 0.6 is 0 Å². The van der Waals surface area contributed by atoms with Crippen LogP contribution in [0.25, 0.3) is 0 Å². The van der Waals surface area contributed by atoms with Gasteiger partial charge in [0.1, 0.15) is 6.04 Å². The number of ether oxygens (including phenoxy) is 1. The second-order valence-electron chi connectivity index (χ2n) is 8.40. The van der Waals surface area contributed by atoms with Crippen molar-refractivity contribution in [1.29, 1.82) is 0 Å². The van der Waals surface area contributed by atoms with Crippen molar-refractivity contribution < 1.29 is 9.53 Å². The van der Waals surface area contributed by atoms with Crippen LogP contribution in [0.5, 0.6) is 0 Å². The van der Waals surface area contributed by atoms with E-state index in [0.717, 1.165) is 37.1 Å². The van der Waals surface area contributed by atoms with E-state index < -0.39 is 0 Å². The summed E-state index contributed by atoms with van der Waals surface area (Å²) in [6, 6.07) is -0.221. The molecule has 4 bridgehead atoms. The van der Waals surface area contributed by atoms with Crippen LogP contribution < -0.4 is 5.32 Å². The van der Waals surface area contributed by atoms with Gasteiger partial charge in [-0.15, -0.1) is 0 Å². The topological polar surface area (TPSA) is 50.7 Å². The van der Waals surface area contributed by atoms with E-state index in [2.05, 4.69) is 10.3 Å². The molecule has 4 nitrogen and oxygen atoms in total. The number of rotatable bonds is 6. The lowest BCUT2D eigenvalue weighted by Gasteiger charge is -2.57. The maximum Gasteiger partial charge on any atom is 0.323 e. The van der Waals surface area contributed by atoms with Crippen LogP contribution in [0, 0.1) is 23.2 Å². The molecule has 0 aromatic rings. The minimum absolute atomic E-state index is 0.137. The molecule has 1 unspecified atom stereocenters. The van der Waals surface area contributed by atoms with Crippen LogP contribution in [-0.4, -0.2) is 31.9 Å². The molecule has 5 rings (SSSR count). The van der Waals surface area contributed by atoms with E-state index >= 15 is 0 Å². The van der Waals surface area contributed by atoms with Gasteiger partial charge in [-0.3, -0.25) is 9.79 Å². The van der Waals surface area contributed by atoms with Crippen molar-refractivity contribution in [2.24, 2.45) is 28.2 Å². The summed E-state index contributed by atoms with van der Waals surface area (Å²) in [5.74, 6) is 2.71. The molecule has 4 saturated carbocycles. The number of aliphatic imine (C=N–C) groups is 1. The Kier molecular flexibility index (Phi) is 4.04. The number of carbonyl (C=O) groups is 1. The van der Waals surface area contributed by atoms with Gasteiger partial charge < -0.3 is 10.1 Å². The molecular formula is C19H28N2O2. The second-order valence-corrected chi connectivity index (χ2v) is 8.40. The molecule has 0 saturated heterocycles. The van der Waals surface area contributed by atoms with E-state index in [4.69, 9.17) is 4.74 Å². The highest BCUT2D eigenvalue weighted by atomic mass is 16.5. The fraction of sp³-hybridized carbons (Fsp3) is 0.789. The summed E-state index contributed by atoms with van der Waals surface area (Å²) in [5.41, 5.74) is 1.67. The fourth-order valence-electron chi connectivity index (χ4n) is 6.01. The van der Waals surface area contributed by atoms with E-state index in [-0.39, 0.29) is 12.0 Å². The molecule has 0 aromatic heterocycles. The molecule has 1 N–H and O–H groups in total. The van der Waals surface area contributed by atoms with Gasteiger partial charge in [0.15, 0.2) is 0 Å². The van der Waals surface area contributed by atoms with Crippen molar-refractivity contribution in [3.63, 3.8) is 0 Å². The Balaban J connectivity index is 1.40. The first kappa shape index (κ1) is 15.4. The molecule has 0 radical (unpaired) electrons. The zero-order valence-corrected chi connectivity index (χ0v) is 14.1. The maximum absolute atomic E-state index is 12.2. The van der Waals surface area contributed by atoms with E-state index in [0.29, 0.717) is 5.41 Å². The van der Waals surface area contributed by atoms with Crippen LogP contribution in [0.2, 0.25) is 0 Å². The number of esters is 1. The van der Waals surface area contributed by atoms with Gasteiger partial charge in [-0.1, -0.05) is 0 Å². The van der Waals surface area contributed by atoms with Crippen LogP contribution in [0.4, 0.5) is 0 Å². The zero-order valence-electron chi connectivity index (χ0n) is 14.1. The predicted molar refractivity (Wildman–Crippen MR) is 90.2 cm³/mol. The molecule has 1 heterocycles. The lowest BCUT2D eigenvalue weighted by Crippen LogP contribution is -2.52. The van der Waals surface area contributed by atoms with Gasteiger partial charge in [0.05, 0.1) is 7.11 Å². The molecule has 5 aliphatic rings. The number of methoxy groups -OCH3 is 1. The van der Waals surface area contributed by atoms with Crippen LogP contribution in [0.15, 0.2) is 16.8 Å². The molecule has 1 aliphatic heterocycles. The van der Waals surface area contributed by atoms with E-state index in [1.54, 1.807) is 0 Å². The van der Waals surface area contributed by atoms with E-state index in [1.807, 2.05) is 12.4 Å². The summed E-state index contributed by atoms with van der Waals surface area (Å²) >= 11 is 0. The highest BCUT2D eigenvalue weighted by Gasteiger charge is 2.50. The molecule has 1 atom stereocenters. The fourth-order valence-corrected chi connectivity index (χ4v) is 6.01. The third-order valence-corrected chi connectivity index (χ3v) is 6.56. The van der Waals surface area contributed by atoms with Gasteiger partial charge in [-0.05, 0) is 73.7 Å². The summed E-state index contributed by atoms with van der Waals surface area (Å²) in [5, 5.41) is 3.58. The van der Waals surface area contributed by atoms with Crippen LogP contribution in [0.3, 0.4) is 0 Å². The number of nitrogens with zero attached hydrogens (tertiary/aromatic N) is 1. The number of hydrogen-bond acceptors (Lipinski definition) is 4. The molecule has 0 aromatic carbocycles. The van der Waals surface area contributed by atoms with Gasteiger partial charge in [-0.2, -0.15) is 0 Å². The lowest BCUT2D eigenvalue weighted by molar-refractivity contribution is -0.143. The Labute approximate surface area is 138 Å². The van der Waals surface area contributed by atoms with Crippen molar-refractivity contribution in [2.45, 2.75) is 57.4 Å². The second kappa shape index (κ2) is 6.04. The first-order valence-corrected chi connectivity index (χ1v) is 9.16. The largest absolute Gasteiger partial charge is 0.468 e. The molecule has 4 aliphatic carbocycles. The quantitative estimate of drug-likeness (QED) is 0.766. The molecular weight excluding hydrogens is 288 g/mol. The minimum Gasteiger partial charge on any atom is -0.468 e. The first-order chi connectivity index (χ1) is 11.2. The SMILES string of the molecule is COC(=O)C(CC1=CN=CC1)NCC12CC3CC(CC(C3)C1)C2. The highest BCUT2D eigenvalue weighted by molar-refractivity contribution is 5.76. The van der Waals surface area contributed by atoms with Gasteiger partial charge in [-0.25, -0.2) is 0 Å². The molecule has 126 valence electrons. The number of hydrogen-bond donors (Lipinski definition) is 1. The lowest BCUT2D eigenvalue weighted by atomic mass is 9.49. The Bertz CT molecular complexity index is 502. The first-order valence-electron chi connectivity index (χ1n) is 9.16. The average Bonchev–Trinajstić information content (AvgIpc) is 3.02. The van der Waals surface area contributed by atoms with E-state index in [1.165, 1.54) is 51.2 Å². The summed E-state index contributed by atoms with van der Waals surface area (Å²) < 4.78 is 5.02. The standard InChI is InChI=1S/C19H28N2O2/c1-23-18(22)17(7-13-2-3-20-11-13)21-12-19-8-14-4-15(9-19)6-16(5-14)10-19/h3,11,14-17,21H,2,4-10,12H2,1H3. The summed E-state index contributed by atoms with van der Waals surface area (Å²) in [7, 11) is 1.49. The Hall–Kier alpha value is -1.16. The normalized spacial score (nSPS) is 38.7. The van der Waals surface area contributed by atoms with Crippen molar-refractivity contribution in [2.75, 3.05) is 13.7 Å². The predicted octanol–water partition coefficient (Wildman–Crippen LogP) is 3.08. The van der Waals surface area contributed by atoms with E-state index in [9.17, 15) is 4.79 Å². The smallest absolute Gasteiger partial charge is 0.323 e. The Morgan fingerprint density at radius 1 is 1.30 bits per heavy atom. The molecule has 4 fully saturated rings. The van der Waals surface area contributed by atoms with Crippen LogP contribution in [0.1, 0.15) is 51.4 Å². The van der Waals surface area contributed by atoms with Gasteiger partial charge in [0.25, 0.3) is 0 Å². The molecule has 0 spiro atoms. The monoisotopic (exact) mass is 316 g/mol. The van der Waals surface area contributed by atoms with Crippen molar-refractivity contribution in [1.82, 2.24) is 5.32 Å². The zero-order chi connectivity index (χ0) is 15.9. The van der Waals surface area contributed by atoms with Gasteiger partial charge >= 0.3 is 5.97 Å². The van der Waals surface area contributed by atoms with Gasteiger partial charge in [0.2, 0.25) is 0 Å². The third-order valence-electron chi connectivity index (χ3n) is 6.56. The van der Waals surface area contributed by atoms with Gasteiger partial charge in [0, 0.05) is 25.4 Å². The summed E-state index contributed by atoms with van der Waals surface area (Å²) in [6.07, 6.45) is 13.9. The Morgan fingerprint density at radius 3 is 2.48 bits per heavy atom. The average molecular weight is 316 g/mol. The molecule has 0 amide bonds. The maximum atomic E-state index is 12.2. The Morgan fingerprint density at radius 2 is 1.96 bits per heavy atom. The van der Waals surface area contributed by atoms with Crippen molar-refractivity contribution in [3.05, 3.63) is 11.8 Å². The third kappa shape index (κ3) is 3.10.